The summed E-state index contributed by atoms with van der Waals surface area (Å²) in [5.74, 6) is -6.87. The molecule has 51 heavy (non-hydrogen) atoms. The number of phenolic OH excluding ortho intramolecular Hbond substituents is 6. The van der Waals surface area contributed by atoms with Crippen LogP contribution < -0.4 is 5.43 Å². The van der Waals surface area contributed by atoms with Crippen LogP contribution in [0.3, 0.4) is 0 Å². The third-order valence-electron chi connectivity index (χ3n) is 9.72. The number of rotatable bonds is 6. The second-order valence-corrected chi connectivity index (χ2v) is 13.5. The van der Waals surface area contributed by atoms with Gasteiger partial charge in [0.05, 0.1) is 23.0 Å². The Morgan fingerprint density at radius 3 is 2.24 bits per heavy atom. The molecule has 3 aromatic carbocycles. The summed E-state index contributed by atoms with van der Waals surface area (Å²) >= 11 is 0. The van der Waals surface area contributed by atoms with Gasteiger partial charge >= 0.3 is 0 Å². The Kier molecular flexibility index (Phi) is 9.18. The number of benzene rings is 3. The van der Waals surface area contributed by atoms with Crippen LogP contribution in [0.5, 0.6) is 34.5 Å². The van der Waals surface area contributed by atoms with Gasteiger partial charge in [-0.3, -0.25) is 9.59 Å². The highest BCUT2D eigenvalue weighted by atomic mass is 16.4. The fraction of sp³-hybridized carbons (Fsp3) is 0.250. The van der Waals surface area contributed by atoms with Crippen molar-refractivity contribution < 1.29 is 50.1 Å². The van der Waals surface area contributed by atoms with E-state index >= 15 is 0 Å². The average molecular weight is 695 g/mol. The summed E-state index contributed by atoms with van der Waals surface area (Å²) < 4.78 is 5.98. The van der Waals surface area contributed by atoms with Crippen molar-refractivity contribution in [2.75, 3.05) is 0 Å². The van der Waals surface area contributed by atoms with Gasteiger partial charge in [0.2, 0.25) is 0 Å². The molecule has 0 fully saturated rings. The summed E-state index contributed by atoms with van der Waals surface area (Å²) in [7, 11) is 0. The van der Waals surface area contributed by atoms with Gasteiger partial charge in [-0.1, -0.05) is 29.4 Å². The average Bonchev–Trinajstić information content (AvgIpc) is 3.04. The Balaban J connectivity index is 1.60. The molecule has 5 atom stereocenters. The third kappa shape index (κ3) is 6.43. The van der Waals surface area contributed by atoms with E-state index in [9.17, 15) is 50.4 Å². The number of allylic oxidation sites excluding steroid dienone is 6. The van der Waals surface area contributed by atoms with E-state index < -0.39 is 52.5 Å². The molecule has 0 spiro atoms. The van der Waals surface area contributed by atoms with E-state index in [4.69, 9.17) is 4.42 Å². The lowest BCUT2D eigenvalue weighted by Gasteiger charge is -2.39. The molecule has 6 rings (SSSR count). The van der Waals surface area contributed by atoms with Crippen LogP contribution in [0.1, 0.15) is 56.6 Å². The minimum Gasteiger partial charge on any atom is -0.512 e. The second-order valence-electron chi connectivity index (χ2n) is 13.5. The van der Waals surface area contributed by atoms with Crippen molar-refractivity contribution in [3.8, 4) is 45.8 Å². The molecule has 0 radical (unpaired) electrons. The molecule has 0 amide bonds. The number of carbonyl (C=O) groups is 1. The van der Waals surface area contributed by atoms with E-state index in [1.54, 1.807) is 13.0 Å². The fourth-order valence-electron chi connectivity index (χ4n) is 7.24. The number of aromatic hydroxyl groups is 6. The zero-order valence-electron chi connectivity index (χ0n) is 28.0. The topological polar surface area (TPSA) is 209 Å². The predicted molar refractivity (Wildman–Crippen MR) is 189 cm³/mol. The van der Waals surface area contributed by atoms with Gasteiger partial charge in [-0.05, 0) is 75.6 Å². The molecular formula is C40H38O11. The molecule has 1 heterocycles. The van der Waals surface area contributed by atoms with E-state index in [0.717, 1.165) is 35.4 Å². The number of hydrogen-bond donors (Lipinski definition) is 8. The normalized spacial score (nSPS) is 22.9. The number of aliphatic hydroxyl groups is 2. The van der Waals surface area contributed by atoms with Crippen LogP contribution in [0.4, 0.5) is 0 Å². The largest absolute Gasteiger partial charge is 0.512 e. The molecule has 11 nitrogen and oxygen atoms in total. The number of hydrogen-bond acceptors (Lipinski definition) is 11. The molecule has 264 valence electrons. The minimum absolute atomic E-state index is 0.0457. The molecule has 0 bridgehead atoms. The van der Waals surface area contributed by atoms with Gasteiger partial charge in [-0.15, -0.1) is 0 Å². The predicted octanol–water partition coefficient (Wildman–Crippen LogP) is 6.81. The lowest BCUT2D eigenvalue weighted by Crippen LogP contribution is -2.35. The van der Waals surface area contributed by atoms with Crippen LogP contribution in [0.2, 0.25) is 0 Å². The Hall–Kier alpha value is -5.94. The zero-order valence-corrected chi connectivity index (χ0v) is 28.0. The maximum atomic E-state index is 13.3. The van der Waals surface area contributed by atoms with Gasteiger partial charge < -0.3 is 45.3 Å². The molecule has 2 unspecified atom stereocenters. The fourth-order valence-corrected chi connectivity index (χ4v) is 7.24. The van der Waals surface area contributed by atoms with Crippen LogP contribution in [0.15, 0.2) is 105 Å². The molecule has 0 aliphatic heterocycles. The third-order valence-corrected chi connectivity index (χ3v) is 9.72. The number of phenols is 6. The highest BCUT2D eigenvalue weighted by molar-refractivity contribution is 5.94. The molecule has 1 aromatic heterocycles. The molecule has 2 aliphatic rings. The van der Waals surface area contributed by atoms with Crippen molar-refractivity contribution >= 4 is 16.8 Å². The van der Waals surface area contributed by atoms with Gasteiger partial charge in [0.15, 0.2) is 22.5 Å². The second kappa shape index (κ2) is 13.4. The summed E-state index contributed by atoms with van der Waals surface area (Å²) in [4.78, 5) is 26.2. The Morgan fingerprint density at radius 2 is 1.57 bits per heavy atom. The van der Waals surface area contributed by atoms with E-state index in [0.29, 0.717) is 5.56 Å². The van der Waals surface area contributed by atoms with Gasteiger partial charge in [0.25, 0.3) is 0 Å². The molecule has 4 aromatic rings. The highest BCUT2D eigenvalue weighted by Crippen LogP contribution is 2.55. The van der Waals surface area contributed by atoms with Crippen molar-refractivity contribution in [2.24, 2.45) is 11.8 Å². The molecule has 11 heteroatoms. The standard InChI is InChI=1S/C40H38O11/c1-18(2)4-7-24-29(43)11-10-25(37(24)48)38(49)35-26(22-8-5-20(41)14-30(22)44)12-19(3)13-28(35)36-33(47)16-27-32(46)17-34(51-40(27)39(36)50)23-9-6-21(42)15-31(23)45/h4-6,8-11,13-17,24,26,28,35,37,41-42,44-45,47-50H,7,12H2,1-3H3/t24?,26-,28-,35-,37?/m1/s1. The van der Waals surface area contributed by atoms with Crippen LogP contribution in [0, 0.1) is 11.8 Å². The van der Waals surface area contributed by atoms with Crippen LogP contribution in [-0.2, 0) is 4.79 Å². The van der Waals surface area contributed by atoms with Crippen molar-refractivity contribution in [1.82, 2.24) is 0 Å². The Labute approximate surface area is 292 Å². The molecular weight excluding hydrogens is 656 g/mol. The van der Waals surface area contributed by atoms with Crippen molar-refractivity contribution in [3.05, 3.63) is 117 Å². The minimum atomic E-state index is -1.42. The molecule has 2 aliphatic carbocycles. The van der Waals surface area contributed by atoms with Crippen LogP contribution in [-0.4, -0.2) is 52.7 Å². The van der Waals surface area contributed by atoms with Crippen molar-refractivity contribution in [3.63, 3.8) is 0 Å². The maximum Gasteiger partial charge on any atom is 0.193 e. The van der Waals surface area contributed by atoms with E-state index in [2.05, 4.69) is 0 Å². The summed E-state index contributed by atoms with van der Waals surface area (Å²) in [5, 5.41) is 88.3. The summed E-state index contributed by atoms with van der Waals surface area (Å²) in [6.07, 6.45) is 5.22. The first-order valence-electron chi connectivity index (χ1n) is 16.4. The lowest BCUT2D eigenvalue weighted by atomic mass is 9.65. The number of fused-ring (bicyclic) bond motifs is 1. The SMILES string of the molecule is CC(C)=CCC1C(=O)C=CC(=C(O)[C@@H]2[C@@H](c3ccc(O)cc3O)CC(C)=C[C@H]2c2c(O)cc3c(=O)cc(-c4ccc(O)cc4O)oc3c2O)C1O. The summed E-state index contributed by atoms with van der Waals surface area (Å²) in [6.45, 7) is 5.52. The monoisotopic (exact) mass is 694 g/mol. The highest BCUT2D eigenvalue weighted by Gasteiger charge is 2.43. The molecule has 8 N–H and O–H groups in total. The van der Waals surface area contributed by atoms with Gasteiger partial charge in [0, 0.05) is 47.1 Å². The first-order valence-corrected chi connectivity index (χ1v) is 16.4. The van der Waals surface area contributed by atoms with Gasteiger partial charge in [-0.2, -0.15) is 0 Å². The molecule has 0 saturated heterocycles. The maximum absolute atomic E-state index is 13.3. The number of carbonyl (C=O) groups excluding carboxylic acids is 1. The Bertz CT molecular complexity index is 2250. The van der Waals surface area contributed by atoms with E-state index in [-0.39, 0.29) is 75.1 Å². The Morgan fingerprint density at radius 1 is 0.882 bits per heavy atom. The summed E-state index contributed by atoms with van der Waals surface area (Å²) in [5.41, 5.74) is 0.987. The smallest absolute Gasteiger partial charge is 0.193 e. The number of aliphatic hydroxyl groups excluding tert-OH is 2. The first kappa shape index (κ1) is 34.9. The first-order chi connectivity index (χ1) is 24.2. The van der Waals surface area contributed by atoms with Crippen molar-refractivity contribution in [1.29, 1.82) is 0 Å². The van der Waals surface area contributed by atoms with Gasteiger partial charge in [0.1, 0.15) is 40.3 Å². The van der Waals surface area contributed by atoms with E-state index in [1.807, 2.05) is 19.9 Å². The van der Waals surface area contributed by atoms with Crippen LogP contribution >= 0.6 is 0 Å². The van der Waals surface area contributed by atoms with Crippen molar-refractivity contribution in [2.45, 2.75) is 51.6 Å². The summed E-state index contributed by atoms with van der Waals surface area (Å²) in [6, 6.07) is 9.90. The van der Waals surface area contributed by atoms with E-state index in [1.165, 1.54) is 36.4 Å². The van der Waals surface area contributed by atoms with Gasteiger partial charge in [-0.25, -0.2) is 0 Å². The zero-order chi connectivity index (χ0) is 36.9. The quantitative estimate of drug-likeness (QED) is 0.0776. The number of ketones is 1. The van der Waals surface area contributed by atoms with Crippen LogP contribution in [0.25, 0.3) is 22.3 Å². The lowest BCUT2D eigenvalue weighted by molar-refractivity contribution is -0.121. The molecule has 0 saturated carbocycles.